The number of hydrogen-bond acceptors (Lipinski definition) is 8. The molecule has 3 aromatic rings. The molecule has 0 spiro atoms. The maximum absolute atomic E-state index is 12.1. The van der Waals surface area contributed by atoms with Gasteiger partial charge in [0, 0.05) is 63.0 Å². The van der Waals surface area contributed by atoms with Crippen LogP contribution in [-0.4, -0.2) is 73.7 Å². The fourth-order valence-corrected chi connectivity index (χ4v) is 5.41. The number of amides is 1. The van der Waals surface area contributed by atoms with E-state index in [1.807, 2.05) is 0 Å². The van der Waals surface area contributed by atoms with Gasteiger partial charge in [-0.15, -0.1) is 0 Å². The Labute approximate surface area is 224 Å². The number of piperazine rings is 1. The Kier molecular flexibility index (Phi) is 7.61. The third-order valence-corrected chi connectivity index (χ3v) is 7.39. The van der Waals surface area contributed by atoms with Gasteiger partial charge in [-0.2, -0.15) is 15.2 Å². The summed E-state index contributed by atoms with van der Waals surface area (Å²) in [6.07, 6.45) is 1.54. The molecule has 0 unspecified atom stereocenters. The smallest absolute Gasteiger partial charge is 0.318 e. The highest BCUT2D eigenvalue weighted by molar-refractivity contribution is 5.97. The van der Waals surface area contributed by atoms with E-state index in [0.717, 1.165) is 43.1 Å². The van der Waals surface area contributed by atoms with E-state index in [-0.39, 0.29) is 25.0 Å². The number of nitrogens with one attached hydrogen (secondary N) is 1. The summed E-state index contributed by atoms with van der Waals surface area (Å²) < 4.78 is 5.95. The number of fused-ring (bicyclic) bond motifs is 2. The molecule has 1 fully saturated rings. The predicted octanol–water partition coefficient (Wildman–Crippen LogP) is 3.05. The highest BCUT2D eigenvalue weighted by atomic mass is 16.5. The Morgan fingerprint density at radius 1 is 1.18 bits per heavy atom. The maximum Gasteiger partial charge on any atom is 0.318 e. The van der Waals surface area contributed by atoms with Gasteiger partial charge in [0.15, 0.2) is 0 Å². The third kappa shape index (κ3) is 5.36. The lowest BCUT2D eigenvalue weighted by molar-refractivity contribution is -0.129. The SMILES string of the molecule is Cc1cccc2cccc(N3CCc4c(nc(OCCC(=O)N(C)C)nc4N4CCN[C@@H](CC#N)C4)C3)c12. The quantitative estimate of drug-likeness (QED) is 0.515. The molecular weight excluding hydrogens is 478 g/mol. The van der Waals surface area contributed by atoms with Crippen LogP contribution < -0.4 is 19.9 Å². The number of carbonyl (C=O) groups excluding carboxylic acids is 1. The van der Waals surface area contributed by atoms with Gasteiger partial charge in [0.05, 0.1) is 31.1 Å². The molecule has 0 radical (unpaired) electrons. The molecule has 1 atom stereocenters. The fourth-order valence-electron chi connectivity index (χ4n) is 5.41. The minimum Gasteiger partial charge on any atom is -0.463 e. The van der Waals surface area contributed by atoms with Crippen molar-refractivity contribution in [2.45, 2.75) is 38.8 Å². The lowest BCUT2D eigenvalue weighted by atomic mass is 9.99. The van der Waals surface area contributed by atoms with Crippen molar-refractivity contribution in [2.75, 3.05) is 56.7 Å². The first-order valence-corrected chi connectivity index (χ1v) is 13.3. The second-order valence-electron chi connectivity index (χ2n) is 10.2. The minimum atomic E-state index is 0.00198. The van der Waals surface area contributed by atoms with Gasteiger partial charge in [0.1, 0.15) is 12.4 Å². The average Bonchev–Trinajstić information content (AvgIpc) is 2.92. The molecule has 0 saturated carbocycles. The summed E-state index contributed by atoms with van der Waals surface area (Å²) in [5, 5.41) is 15.2. The summed E-state index contributed by atoms with van der Waals surface area (Å²) in [7, 11) is 3.48. The van der Waals surface area contributed by atoms with Crippen LogP contribution in [-0.2, 0) is 17.8 Å². The number of carbonyl (C=O) groups is 1. The number of anilines is 2. The zero-order valence-electron chi connectivity index (χ0n) is 22.4. The lowest BCUT2D eigenvalue weighted by Crippen LogP contribution is -2.51. The van der Waals surface area contributed by atoms with Crippen molar-refractivity contribution in [3.05, 3.63) is 53.2 Å². The second-order valence-corrected chi connectivity index (χ2v) is 10.2. The molecule has 1 N–H and O–H groups in total. The molecule has 9 heteroatoms. The van der Waals surface area contributed by atoms with Crippen molar-refractivity contribution in [3.8, 4) is 12.1 Å². The zero-order valence-corrected chi connectivity index (χ0v) is 22.4. The van der Waals surface area contributed by atoms with E-state index in [1.54, 1.807) is 19.0 Å². The number of nitriles is 1. The first-order chi connectivity index (χ1) is 18.4. The van der Waals surface area contributed by atoms with E-state index in [4.69, 9.17) is 14.7 Å². The summed E-state index contributed by atoms with van der Waals surface area (Å²) in [4.78, 5) is 28.0. The highest BCUT2D eigenvalue weighted by Gasteiger charge is 2.29. The van der Waals surface area contributed by atoms with E-state index in [2.05, 4.69) is 64.5 Å². The second kappa shape index (κ2) is 11.2. The standard InChI is InChI=1S/C29H35N7O2/c1-20-6-4-7-21-8-5-9-25(27(20)21)35-15-11-23-24(19-35)32-29(38-17-12-26(37)34(2)3)33-28(23)36-16-14-31-22(18-36)10-13-30/h4-9,22,31H,10-12,14-19H2,1-3H3/t22-/m0/s1. The van der Waals surface area contributed by atoms with Gasteiger partial charge < -0.3 is 24.8 Å². The molecule has 198 valence electrons. The summed E-state index contributed by atoms with van der Waals surface area (Å²) in [6, 6.07) is 15.6. The number of benzene rings is 2. The van der Waals surface area contributed by atoms with E-state index in [1.165, 1.54) is 22.0 Å². The number of nitrogens with zero attached hydrogens (tertiary/aromatic N) is 6. The molecule has 1 amide bonds. The van der Waals surface area contributed by atoms with Crippen LogP contribution >= 0.6 is 0 Å². The average molecular weight is 514 g/mol. The van der Waals surface area contributed by atoms with Gasteiger partial charge in [-0.1, -0.05) is 30.3 Å². The van der Waals surface area contributed by atoms with Crippen LogP contribution in [0.15, 0.2) is 36.4 Å². The van der Waals surface area contributed by atoms with E-state index >= 15 is 0 Å². The number of ether oxygens (including phenoxy) is 1. The molecule has 2 aliphatic rings. The molecule has 5 rings (SSSR count). The van der Waals surface area contributed by atoms with Gasteiger partial charge in [-0.3, -0.25) is 4.79 Å². The van der Waals surface area contributed by atoms with E-state index < -0.39 is 0 Å². The van der Waals surface area contributed by atoms with Crippen LogP contribution in [0.25, 0.3) is 10.8 Å². The largest absolute Gasteiger partial charge is 0.463 e. The van der Waals surface area contributed by atoms with Crippen molar-refractivity contribution < 1.29 is 9.53 Å². The Morgan fingerprint density at radius 2 is 2.00 bits per heavy atom. The summed E-state index contributed by atoms with van der Waals surface area (Å²) in [6.45, 7) is 6.20. The fraction of sp³-hybridized carbons (Fsp3) is 0.448. The number of hydrogen-bond donors (Lipinski definition) is 1. The van der Waals surface area contributed by atoms with Gasteiger partial charge in [0.2, 0.25) is 5.91 Å². The molecule has 0 aliphatic carbocycles. The van der Waals surface area contributed by atoms with Gasteiger partial charge in [0.25, 0.3) is 0 Å². The Hall–Kier alpha value is -3.90. The van der Waals surface area contributed by atoms with Crippen LogP contribution in [0.4, 0.5) is 11.5 Å². The van der Waals surface area contributed by atoms with Crippen molar-refractivity contribution >= 4 is 28.2 Å². The molecule has 38 heavy (non-hydrogen) atoms. The molecule has 3 heterocycles. The normalized spacial score (nSPS) is 17.2. The third-order valence-electron chi connectivity index (χ3n) is 7.39. The molecule has 1 saturated heterocycles. The number of rotatable bonds is 7. The van der Waals surface area contributed by atoms with Crippen molar-refractivity contribution in [3.63, 3.8) is 0 Å². The number of aromatic nitrogens is 2. The first kappa shape index (κ1) is 25.7. The van der Waals surface area contributed by atoms with Crippen LogP contribution in [0.5, 0.6) is 6.01 Å². The van der Waals surface area contributed by atoms with E-state index in [0.29, 0.717) is 25.5 Å². The van der Waals surface area contributed by atoms with Crippen LogP contribution in [0, 0.1) is 18.3 Å². The summed E-state index contributed by atoms with van der Waals surface area (Å²) >= 11 is 0. The maximum atomic E-state index is 12.1. The molecule has 1 aromatic heterocycles. The topological polar surface area (TPSA) is 97.6 Å². The molecular formula is C29H35N7O2. The Balaban J connectivity index is 1.47. The minimum absolute atomic E-state index is 0.00198. The van der Waals surface area contributed by atoms with Crippen LogP contribution in [0.3, 0.4) is 0 Å². The van der Waals surface area contributed by atoms with Gasteiger partial charge >= 0.3 is 6.01 Å². The Bertz CT molecular complexity index is 1360. The van der Waals surface area contributed by atoms with Crippen LogP contribution in [0.1, 0.15) is 29.7 Å². The van der Waals surface area contributed by atoms with Crippen molar-refractivity contribution in [1.29, 1.82) is 5.26 Å². The Morgan fingerprint density at radius 3 is 2.79 bits per heavy atom. The first-order valence-electron chi connectivity index (χ1n) is 13.3. The summed E-state index contributed by atoms with van der Waals surface area (Å²) in [5.74, 6) is 0.893. The molecule has 2 aliphatic heterocycles. The van der Waals surface area contributed by atoms with E-state index in [9.17, 15) is 10.1 Å². The lowest BCUT2D eigenvalue weighted by Gasteiger charge is -2.37. The molecule has 0 bridgehead atoms. The van der Waals surface area contributed by atoms with Crippen molar-refractivity contribution in [1.82, 2.24) is 20.2 Å². The highest BCUT2D eigenvalue weighted by Crippen LogP contribution is 2.35. The van der Waals surface area contributed by atoms with Gasteiger partial charge in [-0.05, 0) is 30.4 Å². The number of aryl methyl sites for hydroxylation is 1. The predicted molar refractivity (Wildman–Crippen MR) is 149 cm³/mol. The van der Waals surface area contributed by atoms with Gasteiger partial charge in [-0.25, -0.2) is 0 Å². The van der Waals surface area contributed by atoms with Crippen molar-refractivity contribution in [2.24, 2.45) is 0 Å². The molecule has 9 nitrogen and oxygen atoms in total. The summed E-state index contributed by atoms with van der Waals surface area (Å²) in [5.41, 5.74) is 4.57. The monoisotopic (exact) mass is 513 g/mol. The molecule has 2 aromatic carbocycles. The van der Waals surface area contributed by atoms with Crippen LogP contribution in [0.2, 0.25) is 0 Å². The zero-order chi connectivity index (χ0) is 26.6.